The summed E-state index contributed by atoms with van der Waals surface area (Å²) in [5.74, 6) is 6.10. The minimum Gasteiger partial charge on any atom is -0.343 e. The van der Waals surface area contributed by atoms with E-state index >= 15 is 0 Å². The Morgan fingerprint density at radius 1 is 1.37 bits per heavy atom. The third-order valence-corrected chi connectivity index (χ3v) is 3.64. The molecule has 1 N–H and O–H groups in total. The standard InChI is InChI=1S/C15H19NO2S/c1-3-8-14(16-13(2)17)9-7-12-19(18)15-10-5-4-6-11-15/h4-6,10-11,14H,3,8,12H2,1-2H3,(H,16,17). The van der Waals surface area contributed by atoms with Crippen molar-refractivity contribution in [3.05, 3.63) is 30.3 Å². The lowest BCUT2D eigenvalue weighted by Crippen LogP contribution is -2.31. The molecule has 1 rings (SSSR count). The Kier molecular flexibility index (Phi) is 6.91. The van der Waals surface area contributed by atoms with E-state index in [9.17, 15) is 9.00 Å². The number of carbonyl (C=O) groups is 1. The average Bonchev–Trinajstić information content (AvgIpc) is 2.39. The van der Waals surface area contributed by atoms with E-state index in [2.05, 4.69) is 17.2 Å². The largest absolute Gasteiger partial charge is 0.343 e. The second-order valence-electron chi connectivity index (χ2n) is 4.17. The molecule has 0 saturated heterocycles. The Morgan fingerprint density at radius 3 is 2.63 bits per heavy atom. The SMILES string of the molecule is CCCC(C#CCS(=O)c1ccccc1)NC(C)=O. The molecule has 2 unspecified atom stereocenters. The summed E-state index contributed by atoms with van der Waals surface area (Å²) in [5.41, 5.74) is 0. The van der Waals surface area contributed by atoms with Crippen LogP contribution in [0.2, 0.25) is 0 Å². The first-order valence-corrected chi connectivity index (χ1v) is 7.64. The van der Waals surface area contributed by atoms with Crippen LogP contribution in [0.4, 0.5) is 0 Å². The number of hydrogen-bond donors (Lipinski definition) is 1. The van der Waals surface area contributed by atoms with Crippen molar-refractivity contribution in [2.45, 2.75) is 37.6 Å². The molecule has 0 spiro atoms. The van der Waals surface area contributed by atoms with Crippen LogP contribution >= 0.6 is 0 Å². The number of rotatable bonds is 5. The number of amides is 1. The fourth-order valence-electron chi connectivity index (χ4n) is 1.60. The monoisotopic (exact) mass is 277 g/mol. The van der Waals surface area contributed by atoms with Crippen LogP contribution in [0.15, 0.2) is 35.2 Å². The third kappa shape index (κ3) is 6.21. The molecule has 19 heavy (non-hydrogen) atoms. The van der Waals surface area contributed by atoms with E-state index in [-0.39, 0.29) is 11.9 Å². The van der Waals surface area contributed by atoms with E-state index < -0.39 is 10.8 Å². The highest BCUT2D eigenvalue weighted by molar-refractivity contribution is 7.85. The number of carbonyl (C=O) groups excluding carboxylic acids is 1. The van der Waals surface area contributed by atoms with Crippen molar-refractivity contribution in [1.29, 1.82) is 0 Å². The van der Waals surface area contributed by atoms with Gasteiger partial charge in [-0.3, -0.25) is 9.00 Å². The van der Waals surface area contributed by atoms with Gasteiger partial charge in [0.15, 0.2) is 0 Å². The molecular formula is C15H19NO2S. The van der Waals surface area contributed by atoms with Crippen LogP contribution in [0.25, 0.3) is 0 Å². The van der Waals surface area contributed by atoms with E-state index in [0.29, 0.717) is 5.75 Å². The molecule has 0 aliphatic carbocycles. The summed E-state index contributed by atoms with van der Waals surface area (Å²) in [5, 5.41) is 2.78. The van der Waals surface area contributed by atoms with Gasteiger partial charge in [-0.2, -0.15) is 0 Å². The van der Waals surface area contributed by atoms with Crippen molar-refractivity contribution in [3.8, 4) is 11.8 Å². The minimum atomic E-state index is -1.10. The smallest absolute Gasteiger partial charge is 0.217 e. The summed E-state index contributed by atoms with van der Waals surface area (Å²) in [7, 11) is -1.10. The second kappa shape index (κ2) is 8.49. The van der Waals surface area contributed by atoms with Gasteiger partial charge in [0, 0.05) is 11.8 Å². The molecule has 2 atom stereocenters. The van der Waals surface area contributed by atoms with Gasteiger partial charge in [-0.1, -0.05) is 43.4 Å². The summed E-state index contributed by atoms with van der Waals surface area (Å²) in [6.07, 6.45) is 1.76. The van der Waals surface area contributed by atoms with Crippen LogP contribution in [0, 0.1) is 11.8 Å². The molecular weight excluding hydrogens is 258 g/mol. The number of benzene rings is 1. The van der Waals surface area contributed by atoms with Gasteiger partial charge in [-0.15, -0.1) is 0 Å². The average molecular weight is 277 g/mol. The van der Waals surface area contributed by atoms with Gasteiger partial charge in [0.1, 0.15) is 0 Å². The van der Waals surface area contributed by atoms with Gasteiger partial charge >= 0.3 is 0 Å². The first-order valence-electron chi connectivity index (χ1n) is 6.32. The van der Waals surface area contributed by atoms with Crippen LogP contribution in [0.1, 0.15) is 26.7 Å². The molecule has 102 valence electrons. The lowest BCUT2D eigenvalue weighted by molar-refractivity contribution is -0.119. The summed E-state index contributed by atoms with van der Waals surface area (Å²) < 4.78 is 11.9. The van der Waals surface area contributed by atoms with E-state index in [1.807, 2.05) is 37.3 Å². The zero-order chi connectivity index (χ0) is 14.1. The Labute approximate surface area is 117 Å². The first kappa shape index (κ1) is 15.5. The summed E-state index contributed by atoms with van der Waals surface area (Å²) in [6.45, 7) is 3.52. The predicted octanol–water partition coefficient (Wildman–Crippen LogP) is 2.10. The van der Waals surface area contributed by atoms with Crippen LogP contribution < -0.4 is 5.32 Å². The van der Waals surface area contributed by atoms with Gasteiger partial charge in [0.05, 0.1) is 22.6 Å². The maximum atomic E-state index is 11.9. The van der Waals surface area contributed by atoms with Crippen molar-refractivity contribution < 1.29 is 9.00 Å². The zero-order valence-corrected chi connectivity index (χ0v) is 12.1. The van der Waals surface area contributed by atoms with Crippen LogP contribution in [0.5, 0.6) is 0 Å². The highest BCUT2D eigenvalue weighted by Crippen LogP contribution is 2.04. The van der Waals surface area contributed by atoms with Gasteiger partial charge in [0.2, 0.25) is 5.91 Å². The summed E-state index contributed by atoms with van der Waals surface area (Å²) in [6, 6.07) is 9.12. The van der Waals surface area contributed by atoms with E-state index in [1.165, 1.54) is 6.92 Å². The minimum absolute atomic E-state index is 0.0862. The molecule has 0 aromatic heterocycles. The summed E-state index contributed by atoms with van der Waals surface area (Å²) in [4.78, 5) is 11.8. The Hall–Kier alpha value is -1.60. The topological polar surface area (TPSA) is 46.2 Å². The maximum absolute atomic E-state index is 11.9. The Bertz CT molecular complexity index is 488. The van der Waals surface area contributed by atoms with Crippen molar-refractivity contribution in [3.63, 3.8) is 0 Å². The molecule has 0 heterocycles. The normalized spacial score (nSPS) is 12.9. The zero-order valence-electron chi connectivity index (χ0n) is 11.3. The predicted molar refractivity (Wildman–Crippen MR) is 78.0 cm³/mol. The number of hydrogen-bond acceptors (Lipinski definition) is 2. The van der Waals surface area contributed by atoms with E-state index in [4.69, 9.17) is 0 Å². The van der Waals surface area contributed by atoms with Crippen molar-refractivity contribution in [2.24, 2.45) is 0 Å². The fraction of sp³-hybridized carbons (Fsp3) is 0.400. The highest BCUT2D eigenvalue weighted by Gasteiger charge is 2.05. The third-order valence-electron chi connectivity index (χ3n) is 2.44. The summed E-state index contributed by atoms with van der Waals surface area (Å²) >= 11 is 0. The number of nitrogens with one attached hydrogen (secondary N) is 1. The van der Waals surface area contributed by atoms with Crippen molar-refractivity contribution in [1.82, 2.24) is 5.32 Å². The molecule has 0 aliphatic rings. The van der Waals surface area contributed by atoms with Gasteiger partial charge in [0.25, 0.3) is 0 Å². The van der Waals surface area contributed by atoms with Gasteiger partial charge in [-0.05, 0) is 18.6 Å². The fourth-order valence-corrected chi connectivity index (χ4v) is 2.44. The van der Waals surface area contributed by atoms with Gasteiger partial charge < -0.3 is 5.32 Å². The Morgan fingerprint density at radius 2 is 2.05 bits per heavy atom. The highest BCUT2D eigenvalue weighted by atomic mass is 32.2. The molecule has 0 fully saturated rings. The molecule has 0 bridgehead atoms. The quantitative estimate of drug-likeness (QED) is 0.838. The lowest BCUT2D eigenvalue weighted by Gasteiger charge is -2.09. The second-order valence-corrected chi connectivity index (χ2v) is 5.62. The molecule has 3 nitrogen and oxygen atoms in total. The van der Waals surface area contributed by atoms with E-state index in [1.54, 1.807) is 0 Å². The van der Waals surface area contributed by atoms with Crippen LogP contribution in [0.3, 0.4) is 0 Å². The molecule has 0 saturated carbocycles. The molecule has 0 aliphatic heterocycles. The molecule has 1 aromatic rings. The van der Waals surface area contributed by atoms with Crippen molar-refractivity contribution in [2.75, 3.05) is 5.75 Å². The molecule has 1 amide bonds. The van der Waals surface area contributed by atoms with Gasteiger partial charge in [-0.25, -0.2) is 0 Å². The van der Waals surface area contributed by atoms with E-state index in [0.717, 1.165) is 17.7 Å². The Balaban J connectivity index is 2.57. The lowest BCUT2D eigenvalue weighted by atomic mass is 10.2. The van der Waals surface area contributed by atoms with Crippen LogP contribution in [-0.2, 0) is 15.6 Å². The molecule has 1 aromatic carbocycles. The van der Waals surface area contributed by atoms with Crippen LogP contribution in [-0.4, -0.2) is 21.9 Å². The molecule has 4 heteroatoms. The molecule has 0 radical (unpaired) electrons. The van der Waals surface area contributed by atoms with Crippen molar-refractivity contribution >= 4 is 16.7 Å². The first-order chi connectivity index (χ1) is 9.13. The maximum Gasteiger partial charge on any atom is 0.217 e.